The van der Waals surface area contributed by atoms with Gasteiger partial charge in [-0.25, -0.2) is 9.97 Å². The van der Waals surface area contributed by atoms with Crippen molar-refractivity contribution in [3.63, 3.8) is 0 Å². The van der Waals surface area contributed by atoms with E-state index in [4.69, 9.17) is 0 Å². The molecule has 4 rings (SSSR count). The number of aryl methyl sites for hydroxylation is 1. The van der Waals surface area contributed by atoms with Gasteiger partial charge in [-0.1, -0.05) is 13.0 Å². The molecular weight excluding hydrogens is 334 g/mol. The lowest BCUT2D eigenvalue weighted by Gasteiger charge is -2.34. The predicted octanol–water partition coefficient (Wildman–Crippen LogP) is 3.00. The van der Waals surface area contributed by atoms with Crippen LogP contribution in [-0.2, 0) is 12.8 Å². The number of thiazole rings is 1. The number of hydrogen-bond donors (Lipinski definition) is 1. The number of nitrogens with one attached hydrogen (secondary N) is 1. The minimum atomic E-state index is -0.229. The first kappa shape index (κ1) is 16.0. The predicted molar refractivity (Wildman–Crippen MR) is 95.5 cm³/mol. The number of carbonyl (C=O) groups excluding carboxylic acids is 1. The number of fused-ring (bicyclic) bond motifs is 1. The first-order chi connectivity index (χ1) is 12.3. The fourth-order valence-corrected chi connectivity index (χ4v) is 4.13. The molecule has 1 N–H and O–H groups in total. The lowest BCUT2D eigenvalue weighted by atomic mass is 9.96. The van der Waals surface area contributed by atoms with Crippen LogP contribution in [0, 0.1) is 0 Å². The molecule has 3 aromatic rings. The van der Waals surface area contributed by atoms with Crippen molar-refractivity contribution in [1.82, 2.24) is 24.8 Å². The van der Waals surface area contributed by atoms with Crippen molar-refractivity contribution in [3.05, 3.63) is 63.9 Å². The Morgan fingerprint density at radius 1 is 1.48 bits per heavy atom. The summed E-state index contributed by atoms with van der Waals surface area (Å²) in [5.74, 6) is -0.0406. The van der Waals surface area contributed by atoms with E-state index in [9.17, 15) is 4.79 Å². The fourth-order valence-electron chi connectivity index (χ4n) is 3.26. The van der Waals surface area contributed by atoms with Crippen LogP contribution >= 0.6 is 11.3 Å². The van der Waals surface area contributed by atoms with Gasteiger partial charge in [-0.2, -0.15) is 0 Å². The molecule has 0 saturated heterocycles. The Hall–Kier alpha value is -2.54. The van der Waals surface area contributed by atoms with E-state index in [2.05, 4.69) is 26.9 Å². The van der Waals surface area contributed by atoms with Gasteiger partial charge in [0.05, 0.1) is 17.0 Å². The molecule has 1 aliphatic rings. The van der Waals surface area contributed by atoms with Crippen LogP contribution in [0.5, 0.6) is 0 Å². The van der Waals surface area contributed by atoms with Crippen LogP contribution in [0.2, 0.25) is 0 Å². The maximum Gasteiger partial charge on any atom is 0.274 e. The van der Waals surface area contributed by atoms with Gasteiger partial charge in [0.15, 0.2) is 0 Å². The molecule has 25 heavy (non-hydrogen) atoms. The van der Waals surface area contributed by atoms with Gasteiger partial charge in [0.1, 0.15) is 11.7 Å². The van der Waals surface area contributed by atoms with Gasteiger partial charge in [0.25, 0.3) is 5.91 Å². The average molecular weight is 353 g/mol. The Morgan fingerprint density at radius 2 is 2.40 bits per heavy atom. The highest BCUT2D eigenvalue weighted by Gasteiger charge is 2.35. The van der Waals surface area contributed by atoms with E-state index in [-0.39, 0.29) is 11.9 Å². The summed E-state index contributed by atoms with van der Waals surface area (Å²) >= 11 is 1.56. The molecule has 4 heterocycles. The number of nitrogens with zero attached hydrogens (tertiary/aromatic N) is 4. The van der Waals surface area contributed by atoms with Crippen LogP contribution < -0.4 is 0 Å². The van der Waals surface area contributed by atoms with Crippen molar-refractivity contribution in [3.8, 4) is 0 Å². The van der Waals surface area contributed by atoms with Gasteiger partial charge < -0.3 is 9.88 Å². The zero-order chi connectivity index (χ0) is 17.2. The standard InChI is InChI=1S/C18H19N5OS/c1-2-4-15-22-14(10-25-15)18(24)23-8-6-13-16(21-11-20-13)17(23)12-5-3-7-19-9-12/h3,5,7,9-11,17H,2,4,6,8H2,1H3,(H,20,21)/t17-/m1/s1. The molecule has 0 aliphatic carbocycles. The Bertz CT molecular complexity index is 872. The zero-order valence-corrected chi connectivity index (χ0v) is 14.8. The highest BCUT2D eigenvalue weighted by atomic mass is 32.1. The fraction of sp³-hybridized carbons (Fsp3) is 0.333. The lowest BCUT2D eigenvalue weighted by molar-refractivity contribution is 0.0685. The molecule has 0 bridgehead atoms. The first-order valence-electron chi connectivity index (χ1n) is 8.45. The summed E-state index contributed by atoms with van der Waals surface area (Å²) < 4.78 is 0. The third-order valence-electron chi connectivity index (χ3n) is 4.42. The smallest absolute Gasteiger partial charge is 0.274 e. The largest absolute Gasteiger partial charge is 0.348 e. The van der Waals surface area contributed by atoms with Crippen molar-refractivity contribution >= 4 is 17.2 Å². The maximum absolute atomic E-state index is 13.1. The second kappa shape index (κ2) is 6.76. The monoisotopic (exact) mass is 353 g/mol. The van der Waals surface area contributed by atoms with E-state index in [0.717, 1.165) is 41.2 Å². The second-order valence-electron chi connectivity index (χ2n) is 6.08. The van der Waals surface area contributed by atoms with Gasteiger partial charge >= 0.3 is 0 Å². The molecular formula is C18H19N5OS. The van der Waals surface area contributed by atoms with Crippen LogP contribution in [0.4, 0.5) is 0 Å². The molecule has 0 fully saturated rings. The molecule has 3 aromatic heterocycles. The van der Waals surface area contributed by atoms with E-state index in [0.29, 0.717) is 12.2 Å². The summed E-state index contributed by atoms with van der Waals surface area (Å²) in [6.07, 6.45) is 7.95. The zero-order valence-electron chi connectivity index (χ0n) is 14.0. The Labute approximate surface area is 150 Å². The minimum Gasteiger partial charge on any atom is -0.348 e. The number of H-pyrrole nitrogens is 1. The molecule has 0 unspecified atom stereocenters. The van der Waals surface area contributed by atoms with Crippen LogP contribution in [0.25, 0.3) is 0 Å². The van der Waals surface area contributed by atoms with E-state index in [1.807, 2.05) is 22.4 Å². The summed E-state index contributed by atoms with van der Waals surface area (Å²) in [4.78, 5) is 31.4. The molecule has 1 amide bonds. The van der Waals surface area contributed by atoms with Crippen molar-refractivity contribution in [2.24, 2.45) is 0 Å². The summed E-state index contributed by atoms with van der Waals surface area (Å²) in [5.41, 5.74) is 3.48. The Balaban J connectivity index is 1.70. The van der Waals surface area contributed by atoms with Gasteiger partial charge in [0, 0.05) is 36.4 Å². The van der Waals surface area contributed by atoms with E-state index in [1.54, 1.807) is 30.1 Å². The highest BCUT2D eigenvalue weighted by molar-refractivity contribution is 7.09. The minimum absolute atomic E-state index is 0.0406. The summed E-state index contributed by atoms with van der Waals surface area (Å²) in [7, 11) is 0. The Kier molecular flexibility index (Phi) is 4.31. The maximum atomic E-state index is 13.1. The summed E-state index contributed by atoms with van der Waals surface area (Å²) in [6, 6.07) is 3.65. The normalized spacial score (nSPS) is 16.7. The molecule has 0 radical (unpaired) electrons. The van der Waals surface area contributed by atoms with E-state index < -0.39 is 0 Å². The number of aromatic amines is 1. The third kappa shape index (κ3) is 2.95. The van der Waals surface area contributed by atoms with Gasteiger partial charge in [-0.05, 0) is 24.5 Å². The number of carbonyl (C=O) groups is 1. The summed E-state index contributed by atoms with van der Waals surface area (Å²) in [6.45, 7) is 2.75. The highest BCUT2D eigenvalue weighted by Crippen LogP contribution is 2.34. The molecule has 1 aliphatic heterocycles. The summed E-state index contributed by atoms with van der Waals surface area (Å²) in [5, 5.41) is 2.88. The van der Waals surface area contributed by atoms with Crippen LogP contribution in [-0.4, -0.2) is 37.3 Å². The number of amides is 1. The van der Waals surface area contributed by atoms with Gasteiger partial charge in [-0.3, -0.25) is 9.78 Å². The Morgan fingerprint density at radius 3 is 3.20 bits per heavy atom. The molecule has 7 heteroatoms. The van der Waals surface area contributed by atoms with E-state index in [1.165, 1.54) is 0 Å². The van der Waals surface area contributed by atoms with Gasteiger partial charge in [0.2, 0.25) is 0 Å². The molecule has 0 saturated carbocycles. The number of imidazole rings is 1. The van der Waals surface area contributed by atoms with Crippen molar-refractivity contribution < 1.29 is 4.79 Å². The molecule has 128 valence electrons. The number of pyridine rings is 1. The number of aromatic nitrogens is 4. The van der Waals surface area contributed by atoms with Crippen LogP contribution in [0.3, 0.4) is 0 Å². The van der Waals surface area contributed by atoms with Crippen LogP contribution in [0.1, 0.15) is 51.8 Å². The van der Waals surface area contributed by atoms with Crippen molar-refractivity contribution in [1.29, 1.82) is 0 Å². The SMILES string of the molecule is CCCc1nc(C(=O)N2CCc3[nH]cnc3[C@H]2c2cccnc2)cs1. The molecule has 1 atom stereocenters. The number of hydrogen-bond acceptors (Lipinski definition) is 5. The lowest BCUT2D eigenvalue weighted by Crippen LogP contribution is -2.41. The average Bonchev–Trinajstić information content (AvgIpc) is 3.30. The van der Waals surface area contributed by atoms with Gasteiger partial charge in [-0.15, -0.1) is 11.3 Å². The molecule has 0 aromatic carbocycles. The first-order valence-corrected chi connectivity index (χ1v) is 9.33. The topological polar surface area (TPSA) is 74.8 Å². The number of rotatable bonds is 4. The molecule has 0 spiro atoms. The van der Waals surface area contributed by atoms with E-state index >= 15 is 0 Å². The third-order valence-corrected chi connectivity index (χ3v) is 5.33. The van der Waals surface area contributed by atoms with Crippen LogP contribution in [0.15, 0.2) is 36.2 Å². The molecule has 6 nitrogen and oxygen atoms in total. The van der Waals surface area contributed by atoms with Crippen molar-refractivity contribution in [2.75, 3.05) is 6.54 Å². The quantitative estimate of drug-likeness (QED) is 0.782. The second-order valence-corrected chi connectivity index (χ2v) is 7.02. The van der Waals surface area contributed by atoms with Crippen molar-refractivity contribution in [2.45, 2.75) is 32.2 Å².